The van der Waals surface area contributed by atoms with E-state index in [1.54, 1.807) is 0 Å². The van der Waals surface area contributed by atoms with Crippen molar-refractivity contribution in [2.45, 2.75) is 70.1 Å². The quantitative estimate of drug-likeness (QED) is 0.543. The predicted octanol–water partition coefficient (Wildman–Crippen LogP) is 1.14. The first-order valence-electron chi connectivity index (χ1n) is 7.41. The van der Waals surface area contributed by atoms with Crippen LogP contribution in [0.1, 0.15) is 51.9 Å². The lowest BCUT2D eigenvalue weighted by Gasteiger charge is -2.23. The molecule has 0 aromatic rings. The number of rotatable bonds is 9. The normalized spacial score (nSPS) is 29.0. The zero-order chi connectivity index (χ0) is 13.4. The first-order chi connectivity index (χ1) is 8.70. The maximum absolute atomic E-state index is 9.68. The summed E-state index contributed by atoms with van der Waals surface area (Å²) < 4.78 is 0. The third-order valence-corrected chi connectivity index (χ3v) is 3.91. The van der Waals surface area contributed by atoms with Crippen molar-refractivity contribution in [2.75, 3.05) is 19.7 Å². The summed E-state index contributed by atoms with van der Waals surface area (Å²) in [6.07, 6.45) is 7.31. The van der Waals surface area contributed by atoms with Gasteiger partial charge in [-0.3, -0.25) is 4.90 Å². The summed E-state index contributed by atoms with van der Waals surface area (Å²) in [5, 5.41) is 28.5. The van der Waals surface area contributed by atoms with Gasteiger partial charge in [-0.15, -0.1) is 0 Å². The maximum Gasteiger partial charge on any atom is 0.0988 e. The van der Waals surface area contributed by atoms with E-state index in [0.717, 1.165) is 13.0 Å². The van der Waals surface area contributed by atoms with Crippen LogP contribution >= 0.6 is 0 Å². The van der Waals surface area contributed by atoms with Gasteiger partial charge in [-0.05, 0) is 13.0 Å². The molecule has 3 atom stereocenters. The first-order valence-corrected chi connectivity index (χ1v) is 7.41. The van der Waals surface area contributed by atoms with E-state index in [9.17, 15) is 15.3 Å². The van der Waals surface area contributed by atoms with Crippen LogP contribution in [-0.4, -0.2) is 58.2 Å². The molecule has 0 bridgehead atoms. The number of likely N-dealkylation sites (tertiary alicyclic amines) is 1. The summed E-state index contributed by atoms with van der Waals surface area (Å²) in [4.78, 5) is 2.02. The molecule has 4 nitrogen and oxygen atoms in total. The average molecular weight is 259 g/mol. The smallest absolute Gasteiger partial charge is 0.0988 e. The fraction of sp³-hybridized carbons (Fsp3) is 1.00. The van der Waals surface area contributed by atoms with Crippen molar-refractivity contribution < 1.29 is 15.3 Å². The second-order valence-electron chi connectivity index (χ2n) is 5.42. The second-order valence-corrected chi connectivity index (χ2v) is 5.42. The first kappa shape index (κ1) is 15.9. The van der Waals surface area contributed by atoms with Gasteiger partial charge in [-0.25, -0.2) is 0 Å². The van der Waals surface area contributed by atoms with Crippen LogP contribution in [0.2, 0.25) is 0 Å². The second kappa shape index (κ2) is 8.86. The van der Waals surface area contributed by atoms with Crippen molar-refractivity contribution >= 4 is 0 Å². The molecule has 0 unspecified atom stereocenters. The van der Waals surface area contributed by atoms with E-state index >= 15 is 0 Å². The van der Waals surface area contributed by atoms with Crippen molar-refractivity contribution in [3.8, 4) is 0 Å². The van der Waals surface area contributed by atoms with Gasteiger partial charge in [0.05, 0.1) is 24.9 Å². The number of unbranched alkanes of at least 4 members (excludes halogenated alkanes) is 6. The molecular formula is C14H29NO3. The maximum atomic E-state index is 9.68. The van der Waals surface area contributed by atoms with Gasteiger partial charge >= 0.3 is 0 Å². The largest absolute Gasteiger partial charge is 0.395 e. The SMILES string of the molecule is CCCCCCCCCN1C[C@H](O)[C@@H](O)[C@@H]1CO. The Hall–Kier alpha value is -0.160. The summed E-state index contributed by atoms with van der Waals surface area (Å²) in [5.41, 5.74) is 0. The van der Waals surface area contributed by atoms with Gasteiger partial charge in [0.25, 0.3) is 0 Å². The Balaban J connectivity index is 2.08. The minimum atomic E-state index is -0.792. The molecule has 1 fully saturated rings. The highest BCUT2D eigenvalue weighted by Gasteiger charge is 2.38. The summed E-state index contributed by atoms with van der Waals surface area (Å²) in [5.74, 6) is 0. The van der Waals surface area contributed by atoms with Crippen molar-refractivity contribution in [1.82, 2.24) is 4.90 Å². The Morgan fingerprint density at radius 3 is 2.22 bits per heavy atom. The number of aliphatic hydroxyl groups is 3. The third-order valence-electron chi connectivity index (χ3n) is 3.91. The topological polar surface area (TPSA) is 63.9 Å². The monoisotopic (exact) mass is 259 g/mol. The van der Waals surface area contributed by atoms with Crippen LogP contribution < -0.4 is 0 Å². The van der Waals surface area contributed by atoms with Crippen molar-refractivity contribution in [2.24, 2.45) is 0 Å². The molecule has 3 N–H and O–H groups in total. The Bertz CT molecular complexity index is 213. The molecule has 4 heteroatoms. The average Bonchev–Trinajstić information content (AvgIpc) is 2.63. The molecule has 0 radical (unpaired) electrons. The van der Waals surface area contributed by atoms with Crippen molar-refractivity contribution in [3.63, 3.8) is 0 Å². The summed E-state index contributed by atoms with van der Waals surface area (Å²) in [6.45, 7) is 3.50. The van der Waals surface area contributed by atoms with Crippen LogP contribution in [0.3, 0.4) is 0 Å². The Kier molecular flexibility index (Phi) is 7.82. The Morgan fingerprint density at radius 2 is 1.61 bits per heavy atom. The molecule has 0 aromatic heterocycles. The van der Waals surface area contributed by atoms with Gasteiger partial charge in [0.2, 0.25) is 0 Å². The number of aliphatic hydroxyl groups excluding tert-OH is 3. The van der Waals surface area contributed by atoms with Gasteiger partial charge in [0.1, 0.15) is 0 Å². The van der Waals surface area contributed by atoms with Crippen LogP contribution in [0.5, 0.6) is 0 Å². The van der Waals surface area contributed by atoms with Crippen LogP contribution in [0.25, 0.3) is 0 Å². The van der Waals surface area contributed by atoms with E-state index in [2.05, 4.69) is 6.92 Å². The lowest BCUT2D eigenvalue weighted by molar-refractivity contribution is 0.0216. The lowest BCUT2D eigenvalue weighted by atomic mass is 10.1. The standard InChI is InChI=1S/C14H29NO3/c1-2-3-4-5-6-7-8-9-15-10-13(17)14(18)12(15)11-16/h12-14,16-18H,2-11H2,1H3/t12-,13-,14-/m0/s1. The summed E-state index contributed by atoms with van der Waals surface area (Å²) in [6, 6.07) is -0.278. The van der Waals surface area contributed by atoms with Crippen LogP contribution in [0.15, 0.2) is 0 Å². The van der Waals surface area contributed by atoms with E-state index in [4.69, 9.17) is 0 Å². The van der Waals surface area contributed by atoms with Crippen LogP contribution in [-0.2, 0) is 0 Å². The molecule has 1 aliphatic rings. The highest BCUT2D eigenvalue weighted by Crippen LogP contribution is 2.19. The van der Waals surface area contributed by atoms with E-state index in [-0.39, 0.29) is 12.6 Å². The minimum Gasteiger partial charge on any atom is -0.395 e. The molecule has 1 heterocycles. The predicted molar refractivity (Wildman–Crippen MR) is 72.5 cm³/mol. The number of hydrogen-bond acceptors (Lipinski definition) is 4. The Labute approximate surface area is 111 Å². The molecule has 108 valence electrons. The zero-order valence-electron chi connectivity index (χ0n) is 11.6. The fourth-order valence-corrected chi connectivity index (χ4v) is 2.71. The summed E-state index contributed by atoms with van der Waals surface area (Å²) in [7, 11) is 0. The number of β-amino-alcohol motifs (C(OH)–C–C–N with tert-alkyl or cyclic N) is 1. The van der Waals surface area contributed by atoms with Gasteiger partial charge < -0.3 is 15.3 Å². The van der Waals surface area contributed by atoms with E-state index < -0.39 is 12.2 Å². The van der Waals surface area contributed by atoms with Crippen LogP contribution in [0.4, 0.5) is 0 Å². The van der Waals surface area contributed by atoms with Crippen molar-refractivity contribution in [3.05, 3.63) is 0 Å². The molecule has 18 heavy (non-hydrogen) atoms. The van der Waals surface area contributed by atoms with E-state index in [0.29, 0.717) is 6.54 Å². The molecule has 1 rings (SSSR count). The minimum absolute atomic E-state index is 0.0747. The number of nitrogens with zero attached hydrogens (tertiary/aromatic N) is 1. The molecule has 1 saturated heterocycles. The molecule has 0 aliphatic carbocycles. The van der Waals surface area contributed by atoms with E-state index in [1.165, 1.54) is 38.5 Å². The molecular weight excluding hydrogens is 230 g/mol. The zero-order valence-corrected chi connectivity index (χ0v) is 11.6. The molecule has 0 spiro atoms. The van der Waals surface area contributed by atoms with Gasteiger partial charge in [-0.1, -0.05) is 45.4 Å². The lowest BCUT2D eigenvalue weighted by Crippen LogP contribution is -2.39. The van der Waals surface area contributed by atoms with Gasteiger partial charge in [-0.2, -0.15) is 0 Å². The molecule has 1 aliphatic heterocycles. The fourth-order valence-electron chi connectivity index (χ4n) is 2.71. The highest BCUT2D eigenvalue weighted by atomic mass is 16.3. The van der Waals surface area contributed by atoms with Gasteiger partial charge in [0.15, 0.2) is 0 Å². The van der Waals surface area contributed by atoms with Crippen molar-refractivity contribution in [1.29, 1.82) is 0 Å². The summed E-state index contributed by atoms with van der Waals surface area (Å²) >= 11 is 0. The van der Waals surface area contributed by atoms with Crippen LogP contribution in [0, 0.1) is 0 Å². The van der Waals surface area contributed by atoms with Gasteiger partial charge in [0, 0.05) is 6.54 Å². The molecule has 0 amide bonds. The molecule has 0 saturated carbocycles. The third kappa shape index (κ3) is 4.84. The highest BCUT2D eigenvalue weighted by molar-refractivity contribution is 4.92. The molecule has 0 aromatic carbocycles. The van der Waals surface area contributed by atoms with E-state index in [1.807, 2.05) is 4.90 Å². The number of hydrogen-bond donors (Lipinski definition) is 3. The Morgan fingerprint density at radius 1 is 1.00 bits per heavy atom.